The maximum atomic E-state index is 12.1. The number of carbonyl (C=O) groups is 1. The summed E-state index contributed by atoms with van der Waals surface area (Å²) in [6.45, 7) is 0.773. The van der Waals surface area contributed by atoms with E-state index < -0.39 is 0 Å². The summed E-state index contributed by atoms with van der Waals surface area (Å²) in [5.74, 6) is -0.333. The van der Waals surface area contributed by atoms with Crippen LogP contribution in [0.25, 0.3) is 10.9 Å². The molecule has 0 spiro atoms. The fraction of sp³-hybridized carbons (Fsp3) is 0.0455. The topological polar surface area (TPSA) is 59.3 Å². The predicted octanol–water partition coefficient (Wildman–Crippen LogP) is 3.85. The lowest BCUT2D eigenvalue weighted by Crippen LogP contribution is -2.18. The fourth-order valence-electron chi connectivity index (χ4n) is 3.00. The zero-order valence-electron chi connectivity index (χ0n) is 14.6. The Morgan fingerprint density at radius 1 is 1.00 bits per heavy atom. The monoisotopic (exact) mass is 354 g/mol. The van der Waals surface area contributed by atoms with Crippen molar-refractivity contribution in [2.75, 3.05) is 0 Å². The number of fused-ring (bicyclic) bond motifs is 1. The Bertz CT molecular complexity index is 1090. The third-order valence-electron chi connectivity index (χ3n) is 4.28. The van der Waals surface area contributed by atoms with Crippen molar-refractivity contribution in [1.82, 2.24) is 15.0 Å². The van der Waals surface area contributed by atoms with Crippen molar-refractivity contribution >= 4 is 23.0 Å². The van der Waals surface area contributed by atoms with Crippen molar-refractivity contribution in [3.05, 3.63) is 102 Å². The summed E-state index contributed by atoms with van der Waals surface area (Å²) in [7, 11) is 0. The summed E-state index contributed by atoms with van der Waals surface area (Å²) < 4.78 is 2.19. The van der Waals surface area contributed by atoms with Gasteiger partial charge in [-0.3, -0.25) is 9.78 Å². The van der Waals surface area contributed by atoms with Crippen LogP contribution in [0.15, 0.2) is 90.3 Å². The maximum Gasteiger partial charge on any atom is 0.289 e. The van der Waals surface area contributed by atoms with Crippen molar-refractivity contribution in [1.29, 1.82) is 0 Å². The van der Waals surface area contributed by atoms with Gasteiger partial charge in [0, 0.05) is 35.4 Å². The number of para-hydroxylation sites is 1. The van der Waals surface area contributed by atoms with Crippen LogP contribution >= 0.6 is 0 Å². The standard InChI is InChI=1S/C22H18N4O/c27-22(20-11-6-7-13-23-20)25-24-14-18-16-26(15-17-8-2-1-3-9-17)21-12-5-4-10-19(18)21/h1-14,16H,15H2,(H,25,27). The minimum Gasteiger partial charge on any atom is -0.342 e. The molecule has 27 heavy (non-hydrogen) atoms. The molecule has 2 aromatic heterocycles. The van der Waals surface area contributed by atoms with E-state index in [1.165, 1.54) is 5.56 Å². The number of benzene rings is 2. The van der Waals surface area contributed by atoms with Gasteiger partial charge in [-0.05, 0) is 23.8 Å². The lowest BCUT2D eigenvalue weighted by atomic mass is 10.2. The SMILES string of the molecule is O=C(NN=Cc1cn(Cc2ccccc2)c2ccccc12)c1ccccn1. The lowest BCUT2D eigenvalue weighted by Gasteiger charge is -2.05. The smallest absolute Gasteiger partial charge is 0.289 e. The van der Waals surface area contributed by atoms with Crippen LogP contribution in [0.2, 0.25) is 0 Å². The molecule has 2 heterocycles. The Morgan fingerprint density at radius 3 is 2.59 bits per heavy atom. The molecule has 132 valence electrons. The van der Waals surface area contributed by atoms with E-state index in [2.05, 4.69) is 44.3 Å². The summed E-state index contributed by atoms with van der Waals surface area (Å²) in [6, 6.07) is 23.6. The van der Waals surface area contributed by atoms with Crippen LogP contribution in [0.5, 0.6) is 0 Å². The Kier molecular flexibility index (Phi) is 4.74. The van der Waals surface area contributed by atoms with Crippen LogP contribution in [0.1, 0.15) is 21.6 Å². The number of nitrogens with zero attached hydrogens (tertiary/aromatic N) is 3. The molecule has 0 aliphatic carbocycles. The van der Waals surface area contributed by atoms with Crippen LogP contribution in [0.4, 0.5) is 0 Å². The molecule has 5 heteroatoms. The number of amides is 1. The molecule has 0 aliphatic heterocycles. The quantitative estimate of drug-likeness (QED) is 0.437. The molecule has 4 aromatic rings. The third kappa shape index (κ3) is 3.77. The lowest BCUT2D eigenvalue weighted by molar-refractivity contribution is 0.0950. The van der Waals surface area contributed by atoms with Gasteiger partial charge in [-0.15, -0.1) is 0 Å². The van der Waals surface area contributed by atoms with Crippen molar-refractivity contribution < 1.29 is 4.79 Å². The molecular formula is C22H18N4O. The maximum absolute atomic E-state index is 12.1. The number of pyridine rings is 1. The minimum absolute atomic E-state index is 0.333. The molecular weight excluding hydrogens is 336 g/mol. The molecule has 0 radical (unpaired) electrons. The number of hydrogen-bond donors (Lipinski definition) is 1. The van der Waals surface area contributed by atoms with Crippen molar-refractivity contribution in [3.8, 4) is 0 Å². The molecule has 5 nitrogen and oxygen atoms in total. The number of nitrogens with one attached hydrogen (secondary N) is 1. The highest BCUT2D eigenvalue weighted by molar-refractivity contribution is 6.00. The highest BCUT2D eigenvalue weighted by Gasteiger charge is 2.08. The van der Waals surface area contributed by atoms with Gasteiger partial charge in [0.15, 0.2) is 0 Å². The third-order valence-corrected chi connectivity index (χ3v) is 4.28. The summed E-state index contributed by atoms with van der Waals surface area (Å²) in [6.07, 6.45) is 5.30. The molecule has 0 aliphatic rings. The molecule has 1 N–H and O–H groups in total. The zero-order chi connectivity index (χ0) is 18.5. The Labute approximate surface area is 157 Å². The van der Waals surface area contributed by atoms with E-state index in [0.717, 1.165) is 23.0 Å². The first-order valence-electron chi connectivity index (χ1n) is 8.67. The highest BCUT2D eigenvalue weighted by Crippen LogP contribution is 2.21. The van der Waals surface area contributed by atoms with Crippen LogP contribution in [-0.4, -0.2) is 21.7 Å². The summed E-state index contributed by atoms with van der Waals surface area (Å²) in [5.41, 5.74) is 6.16. The molecule has 1 amide bonds. The second-order valence-electron chi connectivity index (χ2n) is 6.13. The number of hydrogen-bond acceptors (Lipinski definition) is 3. The van der Waals surface area contributed by atoms with Gasteiger partial charge in [0.1, 0.15) is 5.69 Å². The van der Waals surface area contributed by atoms with E-state index in [1.54, 1.807) is 30.6 Å². The molecule has 4 rings (SSSR count). The Morgan fingerprint density at radius 2 is 1.78 bits per heavy atom. The van der Waals surface area contributed by atoms with Crippen LogP contribution in [-0.2, 0) is 6.54 Å². The van der Waals surface area contributed by atoms with Gasteiger partial charge in [0.25, 0.3) is 5.91 Å². The average Bonchev–Trinajstić information content (AvgIpc) is 3.07. The van der Waals surface area contributed by atoms with Crippen molar-refractivity contribution in [2.45, 2.75) is 6.54 Å². The van der Waals surface area contributed by atoms with Crippen LogP contribution < -0.4 is 5.43 Å². The largest absolute Gasteiger partial charge is 0.342 e. The van der Waals surface area contributed by atoms with Crippen LogP contribution in [0.3, 0.4) is 0 Å². The fourth-order valence-corrected chi connectivity index (χ4v) is 3.00. The number of carbonyl (C=O) groups excluding carboxylic acids is 1. The molecule has 0 fully saturated rings. The molecule has 0 bridgehead atoms. The molecule has 0 unspecified atom stereocenters. The van der Waals surface area contributed by atoms with Gasteiger partial charge in [-0.25, -0.2) is 5.43 Å². The molecule has 0 saturated carbocycles. The van der Waals surface area contributed by atoms with Crippen molar-refractivity contribution in [3.63, 3.8) is 0 Å². The summed E-state index contributed by atoms with van der Waals surface area (Å²) in [4.78, 5) is 16.1. The minimum atomic E-state index is -0.333. The van der Waals surface area contributed by atoms with Crippen molar-refractivity contribution in [2.24, 2.45) is 5.10 Å². The van der Waals surface area contributed by atoms with Gasteiger partial charge in [0.05, 0.1) is 6.21 Å². The predicted molar refractivity (Wildman–Crippen MR) is 107 cm³/mol. The van der Waals surface area contributed by atoms with Gasteiger partial charge < -0.3 is 4.57 Å². The number of aromatic nitrogens is 2. The first-order chi connectivity index (χ1) is 13.3. The Hall–Kier alpha value is -3.73. The second-order valence-corrected chi connectivity index (χ2v) is 6.13. The van der Waals surface area contributed by atoms with Gasteiger partial charge in [-0.1, -0.05) is 54.6 Å². The Balaban J connectivity index is 1.57. The van der Waals surface area contributed by atoms with E-state index in [1.807, 2.05) is 36.5 Å². The first-order valence-corrected chi connectivity index (χ1v) is 8.67. The molecule has 0 atom stereocenters. The van der Waals surface area contributed by atoms with E-state index in [0.29, 0.717) is 5.69 Å². The van der Waals surface area contributed by atoms with Crippen LogP contribution in [0, 0.1) is 0 Å². The normalized spacial score (nSPS) is 11.1. The van der Waals surface area contributed by atoms with E-state index in [-0.39, 0.29) is 5.91 Å². The zero-order valence-corrected chi connectivity index (χ0v) is 14.6. The summed E-state index contributed by atoms with van der Waals surface area (Å²) in [5, 5.41) is 5.20. The van der Waals surface area contributed by atoms with Gasteiger partial charge in [0.2, 0.25) is 0 Å². The molecule has 0 saturated heterocycles. The van der Waals surface area contributed by atoms with E-state index in [9.17, 15) is 4.79 Å². The van der Waals surface area contributed by atoms with E-state index >= 15 is 0 Å². The number of hydrazone groups is 1. The average molecular weight is 354 g/mol. The summed E-state index contributed by atoms with van der Waals surface area (Å²) >= 11 is 0. The second kappa shape index (κ2) is 7.66. The highest BCUT2D eigenvalue weighted by atomic mass is 16.2. The van der Waals surface area contributed by atoms with Gasteiger partial charge in [-0.2, -0.15) is 5.10 Å². The van der Waals surface area contributed by atoms with Gasteiger partial charge >= 0.3 is 0 Å². The first kappa shape index (κ1) is 16.7. The number of rotatable bonds is 5. The molecule has 2 aromatic carbocycles. The van der Waals surface area contributed by atoms with E-state index in [4.69, 9.17) is 0 Å².